The Morgan fingerprint density at radius 2 is 1.69 bits per heavy atom. The average molecular weight is 813 g/mol. The second-order valence-corrected chi connectivity index (χ2v) is 14.8. The molecule has 14 nitrogen and oxygen atoms in total. The maximum absolute atomic E-state index is 13.9. The van der Waals surface area contributed by atoms with E-state index >= 15 is 0 Å². The molecule has 2 aliphatic carbocycles. The number of hydrogen-bond acceptors (Lipinski definition) is 13. The van der Waals surface area contributed by atoms with Gasteiger partial charge in [0.2, 0.25) is 11.5 Å². The highest BCUT2D eigenvalue weighted by Gasteiger charge is 2.65. The van der Waals surface area contributed by atoms with E-state index in [1.165, 1.54) is 4.68 Å². The molecule has 3 aromatic rings. The molecule has 316 valence electrons. The Morgan fingerprint density at radius 3 is 2.41 bits per heavy atom. The molecule has 0 saturated heterocycles. The number of rotatable bonds is 22. The van der Waals surface area contributed by atoms with Gasteiger partial charge in [-0.25, -0.2) is 14.3 Å². The van der Waals surface area contributed by atoms with Crippen molar-refractivity contribution in [2.45, 2.75) is 83.1 Å². The highest BCUT2D eigenvalue weighted by atomic mass is 16.7. The molecule has 0 bridgehead atoms. The van der Waals surface area contributed by atoms with Gasteiger partial charge in [-0.2, -0.15) is 0 Å². The molecular formula is C45H56N4O10. The van der Waals surface area contributed by atoms with E-state index in [2.05, 4.69) is 29.5 Å². The van der Waals surface area contributed by atoms with E-state index in [4.69, 9.17) is 33.7 Å². The van der Waals surface area contributed by atoms with Gasteiger partial charge in [-0.05, 0) is 80.7 Å². The van der Waals surface area contributed by atoms with Crippen molar-refractivity contribution in [3.63, 3.8) is 0 Å². The van der Waals surface area contributed by atoms with Crippen molar-refractivity contribution in [3.05, 3.63) is 108 Å². The van der Waals surface area contributed by atoms with Gasteiger partial charge in [-0.3, -0.25) is 0 Å². The van der Waals surface area contributed by atoms with E-state index < -0.39 is 29.7 Å². The Balaban J connectivity index is 1.63. The smallest absolute Gasteiger partial charge is 0.361 e. The van der Waals surface area contributed by atoms with Crippen LogP contribution in [0.25, 0.3) is 0 Å². The number of benzene rings is 2. The Hall–Kier alpha value is -5.31. The van der Waals surface area contributed by atoms with Crippen LogP contribution in [0.5, 0.6) is 11.5 Å². The Labute approximate surface area is 345 Å². The van der Waals surface area contributed by atoms with Crippen molar-refractivity contribution in [3.8, 4) is 11.5 Å². The molecule has 59 heavy (non-hydrogen) atoms. The number of esters is 2. The van der Waals surface area contributed by atoms with Gasteiger partial charge in [0, 0.05) is 31.1 Å². The predicted octanol–water partition coefficient (Wildman–Crippen LogP) is 6.90. The van der Waals surface area contributed by atoms with Crippen LogP contribution in [0, 0.1) is 17.8 Å². The highest BCUT2D eigenvalue weighted by molar-refractivity contribution is 6.03. The number of nitrogens with zero attached hydrogens (tertiary/aromatic N) is 4. The molecule has 14 heteroatoms. The molecular weight excluding hydrogens is 757 g/mol. The van der Waals surface area contributed by atoms with E-state index in [0.717, 1.165) is 42.4 Å². The minimum Gasteiger partial charge on any atom is -0.490 e. The molecule has 1 aromatic heterocycles. The lowest BCUT2D eigenvalue weighted by Crippen LogP contribution is -2.63. The Kier molecular flexibility index (Phi) is 15.1. The minimum absolute atomic E-state index is 0.00129. The molecule has 2 N–H and O–H groups in total. The van der Waals surface area contributed by atoms with Crippen LogP contribution in [-0.4, -0.2) is 88.3 Å². The second kappa shape index (κ2) is 20.6. The van der Waals surface area contributed by atoms with E-state index in [-0.39, 0.29) is 75.2 Å². The molecule has 2 heterocycles. The number of aromatic nitrogens is 3. The molecule has 3 aliphatic rings. The minimum atomic E-state index is -1.58. The predicted molar refractivity (Wildman–Crippen MR) is 219 cm³/mol. The van der Waals surface area contributed by atoms with Gasteiger partial charge in [0.15, 0.2) is 5.69 Å². The number of aliphatic hydroxyl groups is 2. The van der Waals surface area contributed by atoms with Crippen LogP contribution in [0.4, 0.5) is 0 Å². The number of allylic oxidation sites excluding steroid dienone is 1. The number of carbonyl (C=O) groups excluding carboxylic acids is 2. The first-order valence-electron chi connectivity index (χ1n) is 20.6. The highest BCUT2D eigenvalue weighted by Crippen LogP contribution is 2.63. The van der Waals surface area contributed by atoms with E-state index in [0.29, 0.717) is 36.7 Å². The van der Waals surface area contributed by atoms with Gasteiger partial charge < -0.3 is 38.7 Å². The van der Waals surface area contributed by atoms with Crippen LogP contribution < -0.4 is 9.47 Å². The van der Waals surface area contributed by atoms with Gasteiger partial charge in [0.1, 0.15) is 30.8 Å². The third-order valence-electron chi connectivity index (χ3n) is 11.2. The van der Waals surface area contributed by atoms with Crippen molar-refractivity contribution in [2.24, 2.45) is 22.9 Å². The summed E-state index contributed by atoms with van der Waals surface area (Å²) < 4.78 is 32.5. The molecule has 6 rings (SSSR count). The van der Waals surface area contributed by atoms with E-state index in [1.54, 1.807) is 26.0 Å². The Bertz CT molecular complexity index is 1980. The molecule has 6 atom stereocenters. The van der Waals surface area contributed by atoms with Gasteiger partial charge in [-0.15, -0.1) is 11.7 Å². The van der Waals surface area contributed by atoms with Gasteiger partial charge in [0.25, 0.3) is 0 Å². The third-order valence-corrected chi connectivity index (χ3v) is 11.2. The summed E-state index contributed by atoms with van der Waals surface area (Å²) in [5.74, 6) is -2.86. The lowest BCUT2D eigenvalue weighted by atomic mass is 9.55. The zero-order chi connectivity index (χ0) is 41.8. The summed E-state index contributed by atoms with van der Waals surface area (Å²) in [6, 6.07) is 14.5. The topological polar surface area (TPSA) is 173 Å². The lowest BCUT2D eigenvalue weighted by Gasteiger charge is -2.58. The number of fused-ring (bicyclic) bond motifs is 2. The number of hydrogen-bond donors (Lipinski definition) is 2. The molecule has 1 fully saturated rings. The average Bonchev–Trinajstić information content (AvgIpc) is 3.69. The van der Waals surface area contributed by atoms with Crippen molar-refractivity contribution < 1.29 is 48.3 Å². The first-order chi connectivity index (χ1) is 28.8. The van der Waals surface area contributed by atoms with Crippen LogP contribution >= 0.6 is 0 Å². The molecule has 0 spiro atoms. The third kappa shape index (κ3) is 9.29. The summed E-state index contributed by atoms with van der Waals surface area (Å²) in [6.07, 6.45) is 10.1. The Morgan fingerprint density at radius 1 is 0.966 bits per heavy atom. The number of aliphatic hydroxyl groups excluding tert-OH is 2. The fraction of sp³-hybridized carbons (Fsp3) is 0.489. The van der Waals surface area contributed by atoms with Crippen LogP contribution in [0.1, 0.15) is 103 Å². The summed E-state index contributed by atoms with van der Waals surface area (Å²) in [5, 5.41) is 33.3. The monoisotopic (exact) mass is 812 g/mol. The molecule has 2 aromatic carbocycles. The van der Waals surface area contributed by atoms with Crippen molar-refractivity contribution >= 4 is 17.7 Å². The fourth-order valence-electron chi connectivity index (χ4n) is 8.82. The normalized spacial score (nSPS) is 23.6. The first kappa shape index (κ1) is 43.3. The number of ether oxygens (including phenoxy) is 5. The summed E-state index contributed by atoms with van der Waals surface area (Å²) in [6.45, 7) is 11.9. The second-order valence-electron chi connectivity index (χ2n) is 14.8. The van der Waals surface area contributed by atoms with Crippen LogP contribution in [0.15, 0.2) is 90.6 Å². The van der Waals surface area contributed by atoms with Gasteiger partial charge in [0.05, 0.1) is 31.5 Å². The van der Waals surface area contributed by atoms with Crippen molar-refractivity contribution in [1.29, 1.82) is 0 Å². The van der Waals surface area contributed by atoms with Crippen LogP contribution in [0.2, 0.25) is 0 Å². The summed E-state index contributed by atoms with van der Waals surface area (Å²) in [7, 11) is 0. The van der Waals surface area contributed by atoms with Crippen molar-refractivity contribution in [2.75, 3.05) is 39.6 Å². The van der Waals surface area contributed by atoms with Crippen LogP contribution in [-0.2, 0) is 25.7 Å². The van der Waals surface area contributed by atoms with Crippen LogP contribution in [0.3, 0.4) is 0 Å². The first-order valence-corrected chi connectivity index (χ1v) is 20.6. The number of oxime groups is 1. The fourth-order valence-corrected chi connectivity index (χ4v) is 8.82. The van der Waals surface area contributed by atoms with Gasteiger partial charge >= 0.3 is 11.9 Å². The summed E-state index contributed by atoms with van der Waals surface area (Å²) in [5.41, 5.74) is 2.79. The van der Waals surface area contributed by atoms with E-state index in [1.807, 2.05) is 48.5 Å². The zero-order valence-electron chi connectivity index (χ0n) is 34.0. The van der Waals surface area contributed by atoms with Crippen molar-refractivity contribution in [1.82, 2.24) is 15.0 Å². The lowest BCUT2D eigenvalue weighted by molar-refractivity contribution is -0.252. The molecule has 0 amide bonds. The molecule has 0 unspecified atom stereocenters. The number of unbranched alkanes of at least 4 members (excludes halogenated alkanes) is 2. The molecule has 0 radical (unpaired) electrons. The maximum Gasteiger partial charge on any atom is 0.361 e. The quantitative estimate of drug-likeness (QED) is 0.0466. The maximum atomic E-state index is 13.9. The largest absolute Gasteiger partial charge is 0.490 e. The standard InChI is InChI=1S/C45H56N4O10/c1-5-24-56-32-20-21-37-35(27-32)39-33(19-13-15-23-51)31(18-12-14-22-50)26-34-36(47-58-29-30-16-10-9-11-17-30)28-38(45(59-37,40(34)39)57-25-6-2)49-42(44(53)55-8-4)41(46-48-49)43(52)54-7-3/h5-6,9-11,16-17,20-21,26-27,31,33,38-40,50-51H,1-2,7-8,12-15,18-19,22-25,28-29H2,3-4H3/t31-,33+,38-,39+,40+,45+/m0/s1. The summed E-state index contributed by atoms with van der Waals surface area (Å²) >= 11 is 0. The zero-order valence-corrected chi connectivity index (χ0v) is 34.0. The molecule has 1 saturated carbocycles. The van der Waals surface area contributed by atoms with E-state index in [9.17, 15) is 19.8 Å². The molecule has 1 aliphatic heterocycles. The summed E-state index contributed by atoms with van der Waals surface area (Å²) in [4.78, 5) is 33.4. The van der Waals surface area contributed by atoms with Gasteiger partial charge in [-0.1, -0.05) is 78.3 Å². The SMILES string of the molecule is C=CCOc1ccc2c(c1)[C@H]1[C@H](CCCCO)[C@@H](CCCCO)C=C3C(=NOCc4ccccc4)C[C@H](n4nnc(C(=O)OCC)c4C(=O)OCC)[C@@](OCC=C)(O2)[C@H]31. The number of carbonyl (C=O) groups is 2.